The Morgan fingerprint density at radius 2 is 2.11 bits per heavy atom. The molecule has 1 rings (SSSR count). The number of nitrogens with zero attached hydrogens (tertiary/aromatic N) is 1. The van der Waals surface area contributed by atoms with Crippen molar-refractivity contribution in [2.75, 3.05) is 19.6 Å². The second-order valence-corrected chi connectivity index (χ2v) is 6.32. The van der Waals surface area contributed by atoms with Gasteiger partial charge in [0.25, 0.3) is 0 Å². The molecule has 0 spiro atoms. The Morgan fingerprint density at radius 1 is 1.44 bits per heavy atom. The van der Waals surface area contributed by atoms with Gasteiger partial charge in [0.1, 0.15) is 0 Å². The van der Waals surface area contributed by atoms with Crippen molar-refractivity contribution in [1.29, 1.82) is 0 Å². The molecular weight excluding hydrogens is 331 g/mol. The first-order valence-corrected chi connectivity index (χ1v) is 7.00. The van der Waals surface area contributed by atoms with Gasteiger partial charge in [0.2, 0.25) is 0 Å². The number of hydrogen-bond donors (Lipinski definition) is 0. The largest absolute Gasteiger partial charge is 0.401 e. The molecular formula is C11H13BrF3NOS. The molecule has 18 heavy (non-hydrogen) atoms. The summed E-state index contributed by atoms with van der Waals surface area (Å²) in [6.07, 6.45) is -3.69. The third-order valence-corrected chi connectivity index (χ3v) is 3.82. The third-order valence-electron chi connectivity index (χ3n) is 2.16. The topological polar surface area (TPSA) is 20.3 Å². The molecule has 0 aliphatic heterocycles. The van der Waals surface area contributed by atoms with Gasteiger partial charge in [-0.05, 0) is 41.0 Å². The second kappa shape index (κ2) is 6.68. The van der Waals surface area contributed by atoms with Gasteiger partial charge in [-0.2, -0.15) is 13.2 Å². The minimum atomic E-state index is -4.27. The number of halogens is 4. The minimum Gasteiger partial charge on any atom is -0.292 e. The van der Waals surface area contributed by atoms with E-state index in [1.54, 1.807) is 19.1 Å². The quantitative estimate of drug-likeness (QED) is 0.728. The lowest BCUT2D eigenvalue weighted by Crippen LogP contribution is -2.38. The number of rotatable bonds is 6. The lowest BCUT2D eigenvalue weighted by Gasteiger charge is -2.21. The fourth-order valence-corrected chi connectivity index (χ4v) is 2.84. The summed E-state index contributed by atoms with van der Waals surface area (Å²) in [5.41, 5.74) is 0. The van der Waals surface area contributed by atoms with E-state index >= 15 is 0 Å². The van der Waals surface area contributed by atoms with Crippen molar-refractivity contribution in [3.8, 4) is 0 Å². The normalized spacial score (nSPS) is 12.1. The summed E-state index contributed by atoms with van der Waals surface area (Å²) in [6.45, 7) is 0.812. The van der Waals surface area contributed by atoms with Crippen LogP contribution >= 0.6 is 27.3 Å². The van der Waals surface area contributed by atoms with Gasteiger partial charge in [0, 0.05) is 0 Å². The van der Waals surface area contributed by atoms with E-state index in [0.29, 0.717) is 11.3 Å². The van der Waals surface area contributed by atoms with Crippen LogP contribution in [0.1, 0.15) is 23.0 Å². The number of alkyl halides is 3. The molecule has 1 heterocycles. The zero-order valence-corrected chi connectivity index (χ0v) is 12.2. The molecule has 0 radical (unpaired) electrons. The summed E-state index contributed by atoms with van der Waals surface area (Å²) in [5.74, 6) is -0.275. The monoisotopic (exact) mass is 343 g/mol. The van der Waals surface area contributed by atoms with Crippen LogP contribution in [0.15, 0.2) is 15.9 Å². The van der Waals surface area contributed by atoms with Gasteiger partial charge in [0.15, 0.2) is 5.78 Å². The summed E-state index contributed by atoms with van der Waals surface area (Å²) in [7, 11) is 0. The predicted octanol–water partition coefficient (Wildman–Crippen LogP) is 3.97. The Morgan fingerprint density at radius 3 is 2.56 bits per heavy atom. The maximum Gasteiger partial charge on any atom is 0.401 e. The van der Waals surface area contributed by atoms with Gasteiger partial charge < -0.3 is 0 Å². The zero-order valence-electron chi connectivity index (χ0n) is 9.76. The zero-order chi connectivity index (χ0) is 13.8. The highest BCUT2D eigenvalue weighted by molar-refractivity contribution is 9.11. The van der Waals surface area contributed by atoms with Gasteiger partial charge in [-0.25, -0.2) is 0 Å². The van der Waals surface area contributed by atoms with Gasteiger partial charge >= 0.3 is 6.18 Å². The minimum absolute atomic E-state index is 0.194. The van der Waals surface area contributed by atoms with Crippen molar-refractivity contribution in [2.45, 2.75) is 19.5 Å². The van der Waals surface area contributed by atoms with Crippen molar-refractivity contribution in [2.24, 2.45) is 0 Å². The summed E-state index contributed by atoms with van der Waals surface area (Å²) >= 11 is 4.45. The van der Waals surface area contributed by atoms with E-state index in [-0.39, 0.29) is 18.9 Å². The van der Waals surface area contributed by atoms with Crippen molar-refractivity contribution < 1.29 is 18.0 Å². The Hall–Kier alpha value is -0.400. The summed E-state index contributed by atoms with van der Waals surface area (Å²) in [5, 5.41) is 0. The first-order valence-electron chi connectivity index (χ1n) is 5.39. The van der Waals surface area contributed by atoms with E-state index < -0.39 is 12.7 Å². The Balaban J connectivity index is 2.63. The molecule has 0 saturated heterocycles. The Bertz CT molecular complexity index is 405. The van der Waals surface area contributed by atoms with E-state index in [1.807, 2.05) is 0 Å². The maximum atomic E-state index is 12.3. The van der Waals surface area contributed by atoms with Crippen LogP contribution in [0.2, 0.25) is 0 Å². The standard InChI is InChI=1S/C11H13BrF3NOS/c1-2-5-16(7-11(13,14)15)6-8(17)9-3-4-10(12)18-9/h3-4H,2,5-7H2,1H3. The van der Waals surface area contributed by atoms with Gasteiger partial charge in [0.05, 0.1) is 21.8 Å². The molecule has 0 saturated carbocycles. The molecule has 0 bridgehead atoms. The van der Waals surface area contributed by atoms with E-state index in [9.17, 15) is 18.0 Å². The van der Waals surface area contributed by atoms with Crippen LogP contribution in [-0.4, -0.2) is 36.5 Å². The first-order chi connectivity index (χ1) is 8.31. The molecule has 0 aliphatic carbocycles. The van der Waals surface area contributed by atoms with Gasteiger partial charge in [-0.15, -0.1) is 11.3 Å². The third kappa shape index (κ3) is 5.49. The fraction of sp³-hybridized carbons (Fsp3) is 0.545. The van der Waals surface area contributed by atoms with E-state index in [4.69, 9.17) is 0 Å². The molecule has 7 heteroatoms. The first kappa shape index (κ1) is 15.7. The number of carbonyl (C=O) groups is 1. The highest BCUT2D eigenvalue weighted by atomic mass is 79.9. The molecule has 0 atom stereocenters. The summed E-state index contributed by atoms with van der Waals surface area (Å²) < 4.78 is 37.8. The highest BCUT2D eigenvalue weighted by Crippen LogP contribution is 2.23. The van der Waals surface area contributed by atoms with E-state index in [1.165, 1.54) is 11.3 Å². The molecule has 0 amide bonds. The van der Waals surface area contributed by atoms with Gasteiger partial charge in [-0.3, -0.25) is 9.69 Å². The predicted molar refractivity (Wildman–Crippen MR) is 69.1 cm³/mol. The van der Waals surface area contributed by atoms with Crippen LogP contribution in [0.3, 0.4) is 0 Å². The highest BCUT2D eigenvalue weighted by Gasteiger charge is 2.31. The lowest BCUT2D eigenvalue weighted by atomic mass is 10.3. The smallest absolute Gasteiger partial charge is 0.292 e. The average Bonchev–Trinajstić information content (AvgIpc) is 2.62. The number of carbonyl (C=O) groups excluding carboxylic acids is 1. The van der Waals surface area contributed by atoms with Crippen LogP contribution in [-0.2, 0) is 0 Å². The van der Waals surface area contributed by atoms with Crippen molar-refractivity contribution >= 4 is 33.0 Å². The van der Waals surface area contributed by atoms with E-state index in [0.717, 1.165) is 8.69 Å². The van der Waals surface area contributed by atoms with Crippen LogP contribution in [0.4, 0.5) is 13.2 Å². The Kier molecular flexibility index (Phi) is 5.81. The summed E-state index contributed by atoms with van der Waals surface area (Å²) in [6, 6.07) is 3.33. The molecule has 0 unspecified atom stereocenters. The van der Waals surface area contributed by atoms with Crippen molar-refractivity contribution in [1.82, 2.24) is 4.90 Å². The molecule has 0 N–H and O–H groups in total. The molecule has 0 fully saturated rings. The van der Waals surface area contributed by atoms with Crippen molar-refractivity contribution in [3.05, 3.63) is 20.8 Å². The molecule has 102 valence electrons. The molecule has 1 aromatic heterocycles. The molecule has 0 aliphatic rings. The molecule has 1 aromatic rings. The van der Waals surface area contributed by atoms with Gasteiger partial charge in [-0.1, -0.05) is 6.92 Å². The maximum absolute atomic E-state index is 12.3. The van der Waals surface area contributed by atoms with Crippen LogP contribution in [0.25, 0.3) is 0 Å². The second-order valence-electron chi connectivity index (χ2n) is 3.85. The lowest BCUT2D eigenvalue weighted by molar-refractivity contribution is -0.144. The van der Waals surface area contributed by atoms with E-state index in [2.05, 4.69) is 15.9 Å². The number of ketones is 1. The van der Waals surface area contributed by atoms with Crippen LogP contribution in [0, 0.1) is 0 Å². The molecule has 2 nitrogen and oxygen atoms in total. The SMILES string of the molecule is CCCN(CC(=O)c1ccc(Br)s1)CC(F)(F)F. The number of hydrogen-bond acceptors (Lipinski definition) is 3. The van der Waals surface area contributed by atoms with Crippen molar-refractivity contribution in [3.63, 3.8) is 0 Å². The summed E-state index contributed by atoms with van der Waals surface area (Å²) in [4.78, 5) is 13.4. The number of thiophene rings is 1. The fourth-order valence-electron chi connectivity index (χ4n) is 1.53. The molecule has 0 aromatic carbocycles. The van der Waals surface area contributed by atoms with Crippen LogP contribution < -0.4 is 0 Å². The average molecular weight is 344 g/mol. The van der Waals surface area contributed by atoms with Crippen LogP contribution in [0.5, 0.6) is 0 Å². The Labute approximate surface area is 116 Å². The number of Topliss-reactive ketones (excluding diaryl/α,β-unsaturated/α-hetero) is 1.